The summed E-state index contributed by atoms with van der Waals surface area (Å²) >= 11 is 1.58. The number of nitrogens with one attached hydrogen (secondary N) is 2. The van der Waals surface area contributed by atoms with Gasteiger partial charge < -0.3 is 10.6 Å². The Hall–Kier alpha value is -3.53. The number of aryl methyl sites for hydroxylation is 1. The molecule has 4 aromatic heterocycles. The molecule has 4 aromatic rings. The van der Waals surface area contributed by atoms with E-state index in [1.807, 2.05) is 37.4 Å². The molecule has 9 nitrogen and oxygen atoms in total. The maximum absolute atomic E-state index is 13.0. The number of hydrogen-bond donors (Lipinski definition) is 2. The number of rotatable bonds is 6. The molecule has 0 saturated carbocycles. The fraction of sp³-hybridized carbons (Fsp3) is 0.250. The normalized spacial score (nSPS) is 11.2. The third-order valence-corrected chi connectivity index (χ3v) is 5.38. The highest BCUT2D eigenvalue weighted by atomic mass is 32.1. The summed E-state index contributed by atoms with van der Waals surface area (Å²) in [4.78, 5) is 30.9. The van der Waals surface area contributed by atoms with E-state index in [0.29, 0.717) is 29.4 Å². The average molecular weight is 424 g/mol. The molecule has 0 unspecified atom stereocenters. The summed E-state index contributed by atoms with van der Waals surface area (Å²) in [6.45, 7) is 4.55. The second-order valence-corrected chi connectivity index (χ2v) is 8.14. The Balaban J connectivity index is 1.62. The van der Waals surface area contributed by atoms with Gasteiger partial charge in [-0.2, -0.15) is 10.2 Å². The van der Waals surface area contributed by atoms with E-state index in [9.17, 15) is 9.59 Å². The minimum atomic E-state index is -0.410. The Morgan fingerprint density at radius 2 is 2.00 bits per heavy atom. The van der Waals surface area contributed by atoms with Gasteiger partial charge in [0, 0.05) is 19.8 Å². The van der Waals surface area contributed by atoms with Gasteiger partial charge in [-0.25, -0.2) is 9.50 Å². The minimum Gasteiger partial charge on any atom is -0.350 e. The topological polar surface area (TPSA) is 106 Å². The Labute approximate surface area is 176 Å². The highest BCUT2D eigenvalue weighted by Gasteiger charge is 2.22. The number of anilines is 1. The Kier molecular flexibility index (Phi) is 5.32. The predicted molar refractivity (Wildman–Crippen MR) is 115 cm³/mol. The zero-order chi connectivity index (χ0) is 21.3. The van der Waals surface area contributed by atoms with Crippen LogP contribution < -0.4 is 10.6 Å². The number of thiophene rings is 1. The molecule has 0 aliphatic carbocycles. The van der Waals surface area contributed by atoms with Crippen molar-refractivity contribution < 1.29 is 9.59 Å². The molecule has 0 aliphatic heterocycles. The van der Waals surface area contributed by atoms with Crippen molar-refractivity contribution >= 4 is 34.5 Å². The van der Waals surface area contributed by atoms with E-state index in [4.69, 9.17) is 0 Å². The molecule has 0 radical (unpaired) electrons. The first-order valence-corrected chi connectivity index (χ1v) is 10.3. The van der Waals surface area contributed by atoms with E-state index in [1.54, 1.807) is 29.1 Å². The van der Waals surface area contributed by atoms with Crippen LogP contribution in [0.4, 0.5) is 5.69 Å². The third kappa shape index (κ3) is 3.69. The molecule has 0 spiro atoms. The lowest BCUT2D eigenvalue weighted by Gasteiger charge is -2.10. The fourth-order valence-corrected chi connectivity index (χ4v) is 3.77. The number of amides is 2. The number of aromatic nitrogens is 5. The van der Waals surface area contributed by atoms with Crippen LogP contribution >= 0.6 is 11.3 Å². The van der Waals surface area contributed by atoms with Crippen LogP contribution in [0.1, 0.15) is 34.7 Å². The molecular weight excluding hydrogens is 402 g/mol. The second-order valence-electron chi connectivity index (χ2n) is 7.19. The summed E-state index contributed by atoms with van der Waals surface area (Å²) < 4.78 is 3.08. The van der Waals surface area contributed by atoms with Crippen LogP contribution in [0.3, 0.4) is 0 Å². The Morgan fingerprint density at radius 1 is 1.17 bits per heavy atom. The lowest BCUT2D eigenvalue weighted by atomic mass is 10.2. The van der Waals surface area contributed by atoms with Gasteiger partial charge in [-0.05, 0) is 23.4 Å². The van der Waals surface area contributed by atoms with E-state index in [1.165, 1.54) is 17.1 Å². The lowest BCUT2D eigenvalue weighted by Crippen LogP contribution is -2.30. The number of hydrogen-bond acceptors (Lipinski definition) is 6. The molecule has 0 aliphatic rings. The second kappa shape index (κ2) is 8.07. The van der Waals surface area contributed by atoms with Gasteiger partial charge in [0.25, 0.3) is 11.8 Å². The van der Waals surface area contributed by atoms with Crippen LogP contribution in [0.15, 0.2) is 42.2 Å². The fourth-order valence-electron chi connectivity index (χ4n) is 3.03. The van der Waals surface area contributed by atoms with Crippen molar-refractivity contribution in [1.29, 1.82) is 0 Å². The molecule has 0 fully saturated rings. The van der Waals surface area contributed by atoms with Crippen molar-refractivity contribution in [2.75, 3.05) is 11.9 Å². The van der Waals surface area contributed by atoms with Crippen molar-refractivity contribution in [3.63, 3.8) is 0 Å². The standard InChI is InChI=1S/C20H21N7O2S/c1-12(2)9-22-20(29)17-14(11-23-26(17)3)25-19(28)13-10-24-27-15(6-7-21-18(13)27)16-5-4-8-30-16/h4-8,10-12H,9H2,1-3H3,(H,22,29)(H,25,28). The smallest absolute Gasteiger partial charge is 0.271 e. The first-order chi connectivity index (χ1) is 14.5. The van der Waals surface area contributed by atoms with Gasteiger partial charge in [0.2, 0.25) is 0 Å². The van der Waals surface area contributed by atoms with Crippen molar-refractivity contribution in [2.24, 2.45) is 13.0 Å². The van der Waals surface area contributed by atoms with Gasteiger partial charge in [-0.1, -0.05) is 19.9 Å². The summed E-state index contributed by atoms with van der Waals surface area (Å²) in [5.74, 6) is -0.397. The summed E-state index contributed by atoms with van der Waals surface area (Å²) in [5, 5.41) is 16.1. The number of fused-ring (bicyclic) bond motifs is 1. The number of carbonyl (C=O) groups excluding carboxylic acids is 2. The maximum Gasteiger partial charge on any atom is 0.271 e. The first-order valence-electron chi connectivity index (χ1n) is 9.44. The van der Waals surface area contributed by atoms with Crippen molar-refractivity contribution in [3.05, 3.63) is 53.4 Å². The van der Waals surface area contributed by atoms with Crippen LogP contribution in [0, 0.1) is 5.92 Å². The van der Waals surface area contributed by atoms with Crippen LogP contribution in [-0.4, -0.2) is 42.7 Å². The minimum absolute atomic E-state index is 0.285. The van der Waals surface area contributed by atoms with E-state index in [-0.39, 0.29) is 11.6 Å². The lowest BCUT2D eigenvalue weighted by molar-refractivity contribution is 0.0940. The molecule has 154 valence electrons. The number of carbonyl (C=O) groups is 2. The van der Waals surface area contributed by atoms with Gasteiger partial charge in [0.05, 0.1) is 28.7 Å². The summed E-state index contributed by atoms with van der Waals surface area (Å²) in [6, 6.07) is 5.79. The summed E-state index contributed by atoms with van der Waals surface area (Å²) in [5.41, 5.74) is 2.22. The average Bonchev–Trinajstić information content (AvgIpc) is 3.46. The molecule has 4 heterocycles. The highest BCUT2D eigenvalue weighted by Crippen LogP contribution is 2.25. The Morgan fingerprint density at radius 3 is 2.73 bits per heavy atom. The molecular formula is C20H21N7O2S. The van der Waals surface area contributed by atoms with E-state index >= 15 is 0 Å². The van der Waals surface area contributed by atoms with Gasteiger partial charge in [0.15, 0.2) is 5.65 Å². The van der Waals surface area contributed by atoms with Gasteiger partial charge in [-0.15, -0.1) is 11.3 Å². The van der Waals surface area contributed by atoms with Crippen LogP contribution in [0.2, 0.25) is 0 Å². The van der Waals surface area contributed by atoms with Gasteiger partial charge >= 0.3 is 0 Å². The molecule has 4 rings (SSSR count). The molecule has 2 amide bonds. The quantitative estimate of drug-likeness (QED) is 0.496. The van der Waals surface area contributed by atoms with Crippen molar-refractivity contribution in [1.82, 2.24) is 29.7 Å². The van der Waals surface area contributed by atoms with Crippen LogP contribution in [0.5, 0.6) is 0 Å². The van der Waals surface area contributed by atoms with Crippen LogP contribution in [0.25, 0.3) is 16.2 Å². The van der Waals surface area contributed by atoms with Crippen LogP contribution in [-0.2, 0) is 7.05 Å². The third-order valence-electron chi connectivity index (χ3n) is 4.49. The molecule has 0 aromatic carbocycles. The Bertz CT molecular complexity index is 1210. The van der Waals surface area contributed by atoms with Gasteiger partial charge in [0.1, 0.15) is 11.3 Å². The van der Waals surface area contributed by atoms with E-state index in [2.05, 4.69) is 25.8 Å². The summed E-state index contributed by atoms with van der Waals surface area (Å²) in [7, 11) is 1.66. The largest absolute Gasteiger partial charge is 0.350 e. The number of nitrogens with zero attached hydrogens (tertiary/aromatic N) is 5. The zero-order valence-electron chi connectivity index (χ0n) is 16.8. The maximum atomic E-state index is 13.0. The molecule has 30 heavy (non-hydrogen) atoms. The molecule has 0 bridgehead atoms. The SMILES string of the molecule is CC(C)CNC(=O)c1c(NC(=O)c2cnn3c(-c4cccs4)ccnc23)cnn1C. The van der Waals surface area contributed by atoms with Gasteiger partial charge in [-0.3, -0.25) is 14.3 Å². The first kappa shape index (κ1) is 19.8. The summed E-state index contributed by atoms with van der Waals surface area (Å²) in [6.07, 6.45) is 4.58. The van der Waals surface area contributed by atoms with E-state index < -0.39 is 5.91 Å². The highest BCUT2D eigenvalue weighted by molar-refractivity contribution is 7.13. The van der Waals surface area contributed by atoms with Crippen molar-refractivity contribution in [3.8, 4) is 10.6 Å². The molecule has 2 N–H and O–H groups in total. The predicted octanol–water partition coefficient (Wildman–Crippen LogP) is 2.83. The zero-order valence-corrected chi connectivity index (χ0v) is 17.6. The van der Waals surface area contributed by atoms with E-state index in [0.717, 1.165) is 10.6 Å². The van der Waals surface area contributed by atoms with Crippen molar-refractivity contribution in [2.45, 2.75) is 13.8 Å². The monoisotopic (exact) mass is 423 g/mol. The molecule has 0 atom stereocenters. The molecule has 10 heteroatoms. The molecule has 0 saturated heterocycles.